The minimum Gasteiger partial charge on any atom is -0.413 e. The van der Waals surface area contributed by atoms with E-state index >= 15 is 0 Å². The summed E-state index contributed by atoms with van der Waals surface area (Å²) in [5.74, 6) is 0.678. The second kappa shape index (κ2) is 19.1. The first-order valence-electron chi connectivity index (χ1n) is 19.3. The molecule has 0 spiro atoms. The van der Waals surface area contributed by atoms with Crippen LogP contribution in [0, 0.1) is 11.8 Å². The fraction of sp³-hybridized carbons (Fsp3) is 0.721. The van der Waals surface area contributed by atoms with E-state index in [9.17, 15) is 0 Å². The van der Waals surface area contributed by atoms with E-state index in [-0.39, 0.29) is 58.9 Å². The van der Waals surface area contributed by atoms with Gasteiger partial charge in [-0.2, -0.15) is 0 Å². The molecule has 0 saturated carbocycles. The summed E-state index contributed by atoms with van der Waals surface area (Å²) in [5, 5.41) is 0.231. The summed E-state index contributed by atoms with van der Waals surface area (Å²) in [6.07, 6.45) is 24.3. The number of ether oxygens (including phenoxy) is 3. The van der Waals surface area contributed by atoms with Crippen molar-refractivity contribution in [3.63, 3.8) is 0 Å². The molecule has 8 atom stereocenters. The van der Waals surface area contributed by atoms with Gasteiger partial charge in [0.15, 0.2) is 22.9 Å². The van der Waals surface area contributed by atoms with Crippen LogP contribution in [-0.4, -0.2) is 59.5 Å². The van der Waals surface area contributed by atoms with Crippen molar-refractivity contribution in [2.24, 2.45) is 11.8 Å². The lowest BCUT2D eigenvalue weighted by atomic mass is 9.88. The predicted molar refractivity (Wildman–Crippen MR) is 220 cm³/mol. The van der Waals surface area contributed by atoms with Crippen LogP contribution in [0.4, 0.5) is 0 Å². The first-order chi connectivity index (χ1) is 23.0. The molecule has 0 unspecified atom stereocenters. The minimum atomic E-state index is -2.10. The molecule has 2 aliphatic heterocycles. The van der Waals surface area contributed by atoms with Gasteiger partial charge in [-0.3, -0.25) is 0 Å². The summed E-state index contributed by atoms with van der Waals surface area (Å²) in [5.41, 5.74) is 2.59. The Labute approximate surface area is 310 Å². The standard InChI is InChI=1S/C43H76O5Si2/c1-18-21-37-35(7)39(48-50(16,17)43(11,12)13)30-40(46-37)38(47-49(14,15)42(8,9)10)24-19-22-32(4)28-34(6)29-33(5)26-27-36-23-20-25-41(45-36)44-31(2)3/h18-22,24-27,29,31,34-41H,23,28,30H2,1-17H3/b21-18+,24-19+,27-26+,32-22+,33-29-/t34-,35-,36-,37+,38-,39-,40+,41-/m1/s1. The number of allylic oxidation sites excluding steroid dienone is 7. The predicted octanol–water partition coefficient (Wildman–Crippen LogP) is 12.3. The van der Waals surface area contributed by atoms with Crippen LogP contribution in [0.1, 0.15) is 109 Å². The Kier molecular flexibility index (Phi) is 17.2. The molecule has 2 aliphatic rings. The van der Waals surface area contributed by atoms with Gasteiger partial charge in [0, 0.05) is 12.3 Å². The smallest absolute Gasteiger partial charge is 0.193 e. The molecule has 5 nitrogen and oxygen atoms in total. The molecule has 0 bridgehead atoms. The maximum Gasteiger partial charge on any atom is 0.193 e. The molecule has 0 aromatic heterocycles. The Morgan fingerprint density at radius 3 is 2.16 bits per heavy atom. The average molecular weight is 729 g/mol. The van der Waals surface area contributed by atoms with Crippen molar-refractivity contribution in [3.05, 3.63) is 71.9 Å². The molecular formula is C43H76O5Si2. The highest BCUT2D eigenvalue weighted by molar-refractivity contribution is 6.74. The quantitative estimate of drug-likeness (QED) is 0.0954. The summed E-state index contributed by atoms with van der Waals surface area (Å²) in [7, 11) is -4.08. The van der Waals surface area contributed by atoms with E-state index in [1.54, 1.807) is 0 Å². The maximum absolute atomic E-state index is 7.16. The highest BCUT2D eigenvalue weighted by Crippen LogP contribution is 2.43. The van der Waals surface area contributed by atoms with E-state index in [1.165, 1.54) is 11.1 Å². The van der Waals surface area contributed by atoms with E-state index in [2.05, 4.69) is 157 Å². The minimum absolute atomic E-state index is 0.00872. The third-order valence-corrected chi connectivity index (χ3v) is 19.9. The van der Waals surface area contributed by atoms with Gasteiger partial charge in [-0.05, 0) is 95.7 Å². The van der Waals surface area contributed by atoms with Crippen LogP contribution in [0.25, 0.3) is 0 Å². The van der Waals surface area contributed by atoms with Crippen molar-refractivity contribution in [3.8, 4) is 0 Å². The Morgan fingerprint density at radius 1 is 0.940 bits per heavy atom. The molecule has 0 amide bonds. The second-order valence-corrected chi connectivity index (χ2v) is 27.8. The van der Waals surface area contributed by atoms with Gasteiger partial charge < -0.3 is 23.1 Å². The summed E-state index contributed by atoms with van der Waals surface area (Å²) in [6.45, 7) is 38.4. The molecule has 0 aromatic rings. The lowest BCUT2D eigenvalue weighted by Gasteiger charge is -2.48. The zero-order chi connectivity index (χ0) is 38.1. The second-order valence-electron chi connectivity index (χ2n) is 18.3. The van der Waals surface area contributed by atoms with E-state index < -0.39 is 16.6 Å². The van der Waals surface area contributed by atoms with E-state index in [1.807, 2.05) is 19.9 Å². The lowest BCUT2D eigenvalue weighted by molar-refractivity contribution is -0.154. The number of rotatable bonds is 15. The van der Waals surface area contributed by atoms with Crippen LogP contribution in [0.15, 0.2) is 71.9 Å². The van der Waals surface area contributed by atoms with Gasteiger partial charge in [0.25, 0.3) is 0 Å². The zero-order valence-corrected chi connectivity index (χ0v) is 37.1. The van der Waals surface area contributed by atoms with Crippen molar-refractivity contribution in [2.75, 3.05) is 0 Å². The zero-order valence-electron chi connectivity index (χ0n) is 35.1. The molecule has 1 fully saturated rings. The number of hydrogen-bond acceptors (Lipinski definition) is 5. The highest BCUT2D eigenvalue weighted by Gasteiger charge is 2.47. The molecule has 286 valence electrons. The van der Waals surface area contributed by atoms with Crippen LogP contribution in [0.5, 0.6) is 0 Å². The summed E-state index contributed by atoms with van der Waals surface area (Å²) in [6, 6.07) is 0. The SMILES string of the molecule is C/C=C/[C@@H]1O[C@H]([C@@H](/C=C/C=C(\C)C[C@@H](C)/C=C(C)\C=C\[C@H]2CC=C[C@H](OC(C)C)O2)O[Si](C)(C)C(C)(C)C)C[C@@H](O[Si](C)(C)C(C)(C)C)[C@@H]1C. The molecule has 50 heavy (non-hydrogen) atoms. The summed E-state index contributed by atoms with van der Waals surface area (Å²) >= 11 is 0. The van der Waals surface area contributed by atoms with Gasteiger partial charge in [0.1, 0.15) is 0 Å². The molecule has 0 N–H and O–H groups in total. The van der Waals surface area contributed by atoms with Crippen molar-refractivity contribution < 1.29 is 23.1 Å². The van der Waals surface area contributed by atoms with E-state index in [0.29, 0.717) is 5.92 Å². The lowest BCUT2D eigenvalue weighted by Crippen LogP contribution is -2.55. The molecule has 2 heterocycles. The Hall–Kier alpha value is -1.33. The Bertz CT molecular complexity index is 1230. The van der Waals surface area contributed by atoms with Gasteiger partial charge in [-0.1, -0.05) is 121 Å². The van der Waals surface area contributed by atoms with Crippen molar-refractivity contribution in [1.29, 1.82) is 0 Å². The largest absolute Gasteiger partial charge is 0.413 e. The Balaban J connectivity index is 2.24. The normalized spacial score (nSPS) is 28.0. The third-order valence-electron chi connectivity index (χ3n) is 11.0. The van der Waals surface area contributed by atoms with Crippen LogP contribution in [0.3, 0.4) is 0 Å². The van der Waals surface area contributed by atoms with Gasteiger partial charge in [-0.15, -0.1) is 0 Å². The first-order valence-corrected chi connectivity index (χ1v) is 25.1. The third kappa shape index (κ3) is 14.2. The molecule has 0 radical (unpaired) electrons. The summed E-state index contributed by atoms with van der Waals surface area (Å²) in [4.78, 5) is 0. The van der Waals surface area contributed by atoms with Crippen LogP contribution in [-0.2, 0) is 23.1 Å². The van der Waals surface area contributed by atoms with Crippen LogP contribution < -0.4 is 0 Å². The maximum atomic E-state index is 7.16. The van der Waals surface area contributed by atoms with E-state index in [4.69, 9.17) is 23.1 Å². The molecule has 0 aromatic carbocycles. The van der Waals surface area contributed by atoms with E-state index in [0.717, 1.165) is 19.3 Å². The molecule has 0 aliphatic carbocycles. The van der Waals surface area contributed by atoms with Gasteiger partial charge in [-0.25, -0.2) is 0 Å². The first kappa shape index (κ1) is 44.8. The summed E-state index contributed by atoms with van der Waals surface area (Å²) < 4.78 is 33.1. The Morgan fingerprint density at radius 2 is 1.58 bits per heavy atom. The molecular weight excluding hydrogens is 653 g/mol. The van der Waals surface area contributed by atoms with Crippen molar-refractivity contribution in [2.45, 2.75) is 188 Å². The highest BCUT2D eigenvalue weighted by atomic mass is 28.4. The van der Waals surface area contributed by atoms with Crippen molar-refractivity contribution in [1.82, 2.24) is 0 Å². The number of hydrogen-bond donors (Lipinski definition) is 0. The van der Waals surface area contributed by atoms with Gasteiger partial charge in [0.2, 0.25) is 0 Å². The van der Waals surface area contributed by atoms with Crippen molar-refractivity contribution >= 4 is 16.6 Å². The molecule has 7 heteroatoms. The monoisotopic (exact) mass is 729 g/mol. The molecule has 1 saturated heterocycles. The average Bonchev–Trinajstić information content (AvgIpc) is 2.96. The van der Waals surface area contributed by atoms with Crippen LogP contribution in [0.2, 0.25) is 36.3 Å². The topological polar surface area (TPSA) is 46.2 Å². The van der Waals surface area contributed by atoms with Crippen LogP contribution >= 0.6 is 0 Å². The fourth-order valence-electron chi connectivity index (χ4n) is 5.92. The van der Waals surface area contributed by atoms with Gasteiger partial charge >= 0.3 is 0 Å². The fourth-order valence-corrected chi connectivity index (χ4v) is 8.60. The molecule has 2 rings (SSSR count). The van der Waals surface area contributed by atoms with Gasteiger partial charge in [0.05, 0.1) is 36.6 Å².